The van der Waals surface area contributed by atoms with Crippen LogP contribution < -0.4 is 4.74 Å². The Morgan fingerprint density at radius 2 is 1.67 bits per heavy atom. The third-order valence-corrected chi connectivity index (χ3v) is 3.07. The minimum absolute atomic E-state index is 0.809. The highest BCUT2D eigenvalue weighted by molar-refractivity contribution is 5.26. The minimum atomic E-state index is 0.809. The Kier molecular flexibility index (Phi) is 13.3. The first-order chi connectivity index (χ1) is 11.5. The van der Waals surface area contributed by atoms with Gasteiger partial charge in [0.2, 0.25) is 0 Å². The lowest BCUT2D eigenvalue weighted by molar-refractivity contribution is 0.317. The quantitative estimate of drug-likeness (QED) is 0.481. The van der Waals surface area contributed by atoms with Crippen molar-refractivity contribution < 1.29 is 4.74 Å². The van der Waals surface area contributed by atoms with E-state index < -0.39 is 0 Å². The van der Waals surface area contributed by atoms with Crippen molar-refractivity contribution in [3.05, 3.63) is 77.4 Å². The molecule has 0 radical (unpaired) electrons. The maximum absolute atomic E-state index is 5.41. The second-order valence-electron chi connectivity index (χ2n) is 6.08. The molecular formula is C23H34O. The van der Waals surface area contributed by atoms with Gasteiger partial charge in [-0.3, -0.25) is 0 Å². The molecule has 0 heterocycles. The number of hydrogen-bond acceptors (Lipinski definition) is 1. The average Bonchev–Trinajstić information content (AvgIpc) is 2.57. The van der Waals surface area contributed by atoms with Crippen molar-refractivity contribution >= 4 is 0 Å². The van der Waals surface area contributed by atoms with E-state index in [1.807, 2.05) is 31.2 Å². The van der Waals surface area contributed by atoms with Crippen LogP contribution in [0.2, 0.25) is 0 Å². The molecule has 1 nitrogen and oxygen atoms in total. The van der Waals surface area contributed by atoms with Gasteiger partial charge in [0, 0.05) is 0 Å². The molecule has 0 atom stereocenters. The van der Waals surface area contributed by atoms with Gasteiger partial charge in [0.25, 0.3) is 0 Å². The molecule has 1 aromatic carbocycles. The lowest BCUT2D eigenvalue weighted by Crippen LogP contribution is -1.94. The fourth-order valence-corrected chi connectivity index (χ4v) is 1.67. The van der Waals surface area contributed by atoms with Gasteiger partial charge in [0.05, 0.1) is 6.61 Å². The van der Waals surface area contributed by atoms with Gasteiger partial charge in [-0.25, -0.2) is 0 Å². The molecule has 0 saturated carbocycles. The zero-order chi connectivity index (χ0) is 18.2. The second kappa shape index (κ2) is 14.6. The SMILES string of the molecule is C/C=C\C=C/C/C(C)=C/C=C(C)C.CCCOc1ccc(C)cc1. The van der Waals surface area contributed by atoms with Crippen LogP contribution in [0.25, 0.3) is 0 Å². The summed E-state index contributed by atoms with van der Waals surface area (Å²) in [6.45, 7) is 13.4. The first-order valence-electron chi connectivity index (χ1n) is 8.77. The van der Waals surface area contributed by atoms with Gasteiger partial charge < -0.3 is 4.74 Å². The molecule has 1 heteroatoms. The Morgan fingerprint density at radius 1 is 1.00 bits per heavy atom. The van der Waals surface area contributed by atoms with Gasteiger partial charge in [0.15, 0.2) is 0 Å². The van der Waals surface area contributed by atoms with Crippen molar-refractivity contribution in [3.63, 3.8) is 0 Å². The summed E-state index contributed by atoms with van der Waals surface area (Å²) in [6, 6.07) is 8.13. The predicted octanol–water partition coefficient (Wildman–Crippen LogP) is 7.21. The lowest BCUT2D eigenvalue weighted by atomic mass is 10.1. The second-order valence-corrected chi connectivity index (χ2v) is 6.08. The fourth-order valence-electron chi connectivity index (χ4n) is 1.67. The van der Waals surface area contributed by atoms with Crippen LogP contribution >= 0.6 is 0 Å². The molecule has 0 aliphatic rings. The van der Waals surface area contributed by atoms with E-state index in [0.717, 1.165) is 25.2 Å². The van der Waals surface area contributed by atoms with Crippen LogP contribution in [0.5, 0.6) is 5.75 Å². The standard InChI is InChI=1S/C13H20.C10H14O/c1-5-6-7-8-9-13(4)11-10-12(2)3;1-3-8-11-10-6-4-9(2)5-7-10/h5-8,10-11H,9H2,1-4H3;4-7H,3,8H2,1-2H3/b6-5-,8-7-,13-11+;. The maximum atomic E-state index is 5.41. The Hall–Kier alpha value is -2.02. The summed E-state index contributed by atoms with van der Waals surface area (Å²) < 4.78 is 5.41. The van der Waals surface area contributed by atoms with Gasteiger partial charge in [-0.15, -0.1) is 0 Å². The number of rotatable bonds is 7. The minimum Gasteiger partial charge on any atom is -0.494 e. The zero-order valence-electron chi connectivity index (χ0n) is 16.3. The molecule has 0 spiro atoms. The molecule has 0 N–H and O–H groups in total. The summed E-state index contributed by atoms with van der Waals surface area (Å²) in [5, 5.41) is 0. The van der Waals surface area contributed by atoms with Crippen LogP contribution in [0.3, 0.4) is 0 Å². The monoisotopic (exact) mass is 326 g/mol. The Balaban J connectivity index is 0.000000446. The molecular weight excluding hydrogens is 292 g/mol. The molecule has 1 rings (SSSR count). The van der Waals surface area contributed by atoms with E-state index in [9.17, 15) is 0 Å². The van der Waals surface area contributed by atoms with Crippen molar-refractivity contribution in [3.8, 4) is 5.75 Å². The van der Waals surface area contributed by atoms with Gasteiger partial charge in [-0.1, -0.05) is 72.2 Å². The molecule has 0 saturated heterocycles. The molecule has 0 amide bonds. The summed E-state index contributed by atoms with van der Waals surface area (Å²) >= 11 is 0. The first kappa shape index (κ1) is 22.0. The van der Waals surface area contributed by atoms with E-state index in [4.69, 9.17) is 4.74 Å². The van der Waals surface area contributed by atoms with E-state index in [1.165, 1.54) is 16.7 Å². The summed E-state index contributed by atoms with van der Waals surface area (Å²) in [6.07, 6.45) is 14.8. The summed E-state index contributed by atoms with van der Waals surface area (Å²) in [7, 11) is 0. The lowest BCUT2D eigenvalue weighted by Gasteiger charge is -2.03. The van der Waals surface area contributed by atoms with Crippen LogP contribution in [-0.2, 0) is 0 Å². The Morgan fingerprint density at radius 3 is 2.21 bits per heavy atom. The van der Waals surface area contributed by atoms with E-state index in [1.54, 1.807) is 0 Å². The van der Waals surface area contributed by atoms with Gasteiger partial charge >= 0.3 is 0 Å². The zero-order valence-corrected chi connectivity index (χ0v) is 16.3. The number of benzene rings is 1. The van der Waals surface area contributed by atoms with Crippen molar-refractivity contribution in [2.45, 2.75) is 54.4 Å². The molecule has 0 fully saturated rings. The fraction of sp³-hybridized carbons (Fsp3) is 0.391. The molecule has 24 heavy (non-hydrogen) atoms. The van der Waals surface area contributed by atoms with Crippen LogP contribution in [0.15, 0.2) is 71.9 Å². The van der Waals surface area contributed by atoms with E-state index in [2.05, 4.69) is 71.1 Å². The van der Waals surface area contributed by atoms with Crippen molar-refractivity contribution in [2.24, 2.45) is 0 Å². The van der Waals surface area contributed by atoms with Crippen LogP contribution in [0.1, 0.15) is 53.0 Å². The molecule has 1 aromatic rings. The van der Waals surface area contributed by atoms with Crippen LogP contribution in [0, 0.1) is 6.92 Å². The van der Waals surface area contributed by atoms with Crippen molar-refractivity contribution in [1.29, 1.82) is 0 Å². The van der Waals surface area contributed by atoms with Crippen LogP contribution in [0.4, 0.5) is 0 Å². The highest BCUT2D eigenvalue weighted by Gasteiger charge is 1.89. The number of allylic oxidation sites excluding steroid dienone is 8. The molecule has 132 valence electrons. The van der Waals surface area contributed by atoms with E-state index >= 15 is 0 Å². The van der Waals surface area contributed by atoms with E-state index in [0.29, 0.717) is 0 Å². The normalized spacial score (nSPS) is 11.3. The van der Waals surface area contributed by atoms with Gasteiger partial charge in [-0.05, 0) is 59.6 Å². The molecule has 0 aromatic heterocycles. The third kappa shape index (κ3) is 13.6. The molecule has 0 bridgehead atoms. The highest BCUT2D eigenvalue weighted by Crippen LogP contribution is 2.11. The maximum Gasteiger partial charge on any atom is 0.119 e. The molecule has 0 aliphatic carbocycles. The van der Waals surface area contributed by atoms with E-state index in [-0.39, 0.29) is 0 Å². The summed E-state index contributed by atoms with van der Waals surface area (Å²) in [4.78, 5) is 0. The number of aryl methyl sites for hydroxylation is 1. The molecule has 0 aliphatic heterocycles. The topological polar surface area (TPSA) is 9.23 Å². The van der Waals surface area contributed by atoms with Crippen molar-refractivity contribution in [2.75, 3.05) is 6.61 Å². The number of hydrogen-bond donors (Lipinski definition) is 0. The average molecular weight is 327 g/mol. The van der Waals surface area contributed by atoms with Gasteiger partial charge in [-0.2, -0.15) is 0 Å². The Labute approximate surface area is 149 Å². The highest BCUT2D eigenvalue weighted by atomic mass is 16.5. The Bertz CT molecular complexity index is 538. The van der Waals surface area contributed by atoms with Crippen LogP contribution in [-0.4, -0.2) is 6.61 Å². The van der Waals surface area contributed by atoms with Gasteiger partial charge in [0.1, 0.15) is 5.75 Å². The molecule has 0 unspecified atom stereocenters. The summed E-state index contributed by atoms with van der Waals surface area (Å²) in [5.41, 5.74) is 4.01. The van der Waals surface area contributed by atoms with Crippen molar-refractivity contribution in [1.82, 2.24) is 0 Å². The largest absolute Gasteiger partial charge is 0.494 e. The third-order valence-electron chi connectivity index (χ3n) is 3.07. The predicted molar refractivity (Wildman–Crippen MR) is 109 cm³/mol. The number of ether oxygens (including phenoxy) is 1. The summed E-state index contributed by atoms with van der Waals surface area (Å²) in [5.74, 6) is 0.970. The first-order valence-corrected chi connectivity index (χ1v) is 8.77. The smallest absolute Gasteiger partial charge is 0.119 e.